The van der Waals surface area contributed by atoms with Crippen molar-refractivity contribution in [2.75, 3.05) is 6.54 Å². The lowest BCUT2D eigenvalue weighted by Crippen LogP contribution is -2.37. The summed E-state index contributed by atoms with van der Waals surface area (Å²) < 4.78 is 1.20. The van der Waals surface area contributed by atoms with Crippen molar-refractivity contribution < 1.29 is 14.5 Å². The number of likely N-dealkylation sites (tertiary alicyclic amines) is 1. The quantitative estimate of drug-likeness (QED) is 0.449. The molecule has 0 unspecified atom stereocenters. The van der Waals surface area contributed by atoms with Crippen molar-refractivity contribution in [1.82, 2.24) is 14.7 Å². The van der Waals surface area contributed by atoms with Crippen LogP contribution in [0.1, 0.15) is 29.0 Å². The van der Waals surface area contributed by atoms with Gasteiger partial charge < -0.3 is 9.69 Å². The number of aryl methyl sites for hydroxylation is 2. The normalized spacial score (nSPS) is 18.6. The zero-order valence-corrected chi connectivity index (χ0v) is 10.7. The highest BCUT2D eigenvalue weighted by Gasteiger charge is 2.36. The van der Waals surface area contributed by atoms with Crippen molar-refractivity contribution in [3.63, 3.8) is 0 Å². The molecule has 1 amide bonds. The molecule has 1 aromatic rings. The van der Waals surface area contributed by atoms with E-state index >= 15 is 0 Å². The van der Waals surface area contributed by atoms with Crippen LogP contribution in [0.15, 0.2) is 0 Å². The molecule has 102 valence electrons. The van der Waals surface area contributed by atoms with Crippen LogP contribution in [-0.2, 0) is 11.8 Å². The molecule has 1 aliphatic heterocycles. The fraction of sp³-hybridized carbons (Fsp3) is 0.545. The highest BCUT2D eigenvalue weighted by molar-refractivity contribution is 5.98. The SMILES string of the molecule is Cc1nn(C)c(C(=O)N2CCC[C@H]2C=O)c1[N+](=O)[O-]. The van der Waals surface area contributed by atoms with Crippen LogP contribution in [0.4, 0.5) is 5.69 Å². The minimum absolute atomic E-state index is 0.0729. The average molecular weight is 266 g/mol. The first-order valence-corrected chi connectivity index (χ1v) is 5.91. The van der Waals surface area contributed by atoms with Gasteiger partial charge in [0.2, 0.25) is 5.69 Å². The Kier molecular flexibility index (Phi) is 3.32. The lowest BCUT2D eigenvalue weighted by atomic mass is 10.2. The van der Waals surface area contributed by atoms with E-state index in [0.29, 0.717) is 19.3 Å². The monoisotopic (exact) mass is 266 g/mol. The van der Waals surface area contributed by atoms with Gasteiger partial charge in [0.15, 0.2) is 0 Å². The van der Waals surface area contributed by atoms with Crippen molar-refractivity contribution >= 4 is 17.9 Å². The van der Waals surface area contributed by atoms with E-state index in [4.69, 9.17) is 0 Å². The summed E-state index contributed by atoms with van der Waals surface area (Å²) in [4.78, 5) is 35.1. The molecule has 8 nitrogen and oxygen atoms in total. The predicted molar refractivity (Wildman–Crippen MR) is 64.7 cm³/mol. The molecule has 8 heteroatoms. The van der Waals surface area contributed by atoms with Crippen molar-refractivity contribution in [3.05, 3.63) is 21.5 Å². The molecule has 0 aliphatic carbocycles. The first kappa shape index (κ1) is 13.2. The Morgan fingerprint density at radius 1 is 1.58 bits per heavy atom. The Balaban J connectivity index is 2.44. The first-order chi connectivity index (χ1) is 8.97. The smallest absolute Gasteiger partial charge is 0.322 e. The van der Waals surface area contributed by atoms with Crippen LogP contribution < -0.4 is 0 Å². The Morgan fingerprint density at radius 2 is 2.26 bits per heavy atom. The maximum Gasteiger partial charge on any atom is 0.322 e. The summed E-state index contributed by atoms with van der Waals surface area (Å²) in [6.07, 6.45) is 2.03. The number of aldehydes is 1. The lowest BCUT2D eigenvalue weighted by Gasteiger charge is -2.19. The third-order valence-electron chi connectivity index (χ3n) is 3.29. The number of rotatable bonds is 3. The number of hydrogen-bond donors (Lipinski definition) is 0. The molecule has 0 bridgehead atoms. The van der Waals surface area contributed by atoms with Crippen molar-refractivity contribution in [1.29, 1.82) is 0 Å². The molecule has 0 radical (unpaired) electrons. The molecule has 2 rings (SSSR count). The first-order valence-electron chi connectivity index (χ1n) is 5.91. The molecular formula is C11H14N4O4. The number of carbonyl (C=O) groups excluding carboxylic acids is 2. The van der Waals surface area contributed by atoms with Crippen LogP contribution in [0.3, 0.4) is 0 Å². The number of hydrogen-bond acceptors (Lipinski definition) is 5. The van der Waals surface area contributed by atoms with Crippen LogP contribution in [0, 0.1) is 17.0 Å². The van der Waals surface area contributed by atoms with Gasteiger partial charge in [-0.3, -0.25) is 19.6 Å². The summed E-state index contributed by atoms with van der Waals surface area (Å²) in [6.45, 7) is 1.92. The third-order valence-corrected chi connectivity index (χ3v) is 3.29. The van der Waals surface area contributed by atoms with E-state index in [1.807, 2.05) is 0 Å². The second kappa shape index (κ2) is 4.79. The van der Waals surface area contributed by atoms with Gasteiger partial charge in [0.1, 0.15) is 12.0 Å². The average Bonchev–Trinajstić information content (AvgIpc) is 2.91. The highest BCUT2D eigenvalue weighted by Crippen LogP contribution is 2.26. The summed E-state index contributed by atoms with van der Waals surface area (Å²) in [7, 11) is 1.49. The fourth-order valence-electron chi connectivity index (χ4n) is 2.43. The summed E-state index contributed by atoms with van der Waals surface area (Å²) in [5.41, 5.74) is -0.169. The van der Waals surface area contributed by atoms with Gasteiger partial charge in [-0.1, -0.05) is 0 Å². The molecule has 19 heavy (non-hydrogen) atoms. The number of nitro groups is 1. The number of amides is 1. The van der Waals surface area contributed by atoms with Gasteiger partial charge in [0, 0.05) is 13.6 Å². The minimum Gasteiger partial charge on any atom is -0.327 e. The van der Waals surface area contributed by atoms with Gasteiger partial charge in [0.25, 0.3) is 5.91 Å². The molecule has 1 atom stereocenters. The molecule has 2 heterocycles. The van der Waals surface area contributed by atoms with Crippen LogP contribution in [-0.4, -0.2) is 44.4 Å². The van der Waals surface area contributed by atoms with Gasteiger partial charge in [-0.2, -0.15) is 5.10 Å². The molecule has 1 saturated heterocycles. The summed E-state index contributed by atoms with van der Waals surface area (Å²) in [5.74, 6) is -0.510. The number of nitrogens with zero attached hydrogens (tertiary/aromatic N) is 4. The molecule has 0 aromatic carbocycles. The fourth-order valence-corrected chi connectivity index (χ4v) is 2.43. The van der Waals surface area contributed by atoms with Crippen molar-refractivity contribution in [3.8, 4) is 0 Å². The molecule has 1 aromatic heterocycles. The highest BCUT2D eigenvalue weighted by atomic mass is 16.6. The Labute approximate surface area is 109 Å². The van der Waals surface area contributed by atoms with Crippen molar-refractivity contribution in [2.24, 2.45) is 7.05 Å². The minimum atomic E-state index is -0.610. The van der Waals surface area contributed by atoms with Gasteiger partial charge >= 0.3 is 5.69 Å². The lowest BCUT2D eigenvalue weighted by molar-refractivity contribution is -0.385. The van der Waals surface area contributed by atoms with Crippen molar-refractivity contribution in [2.45, 2.75) is 25.8 Å². The Hall–Kier alpha value is -2.25. The maximum atomic E-state index is 12.4. The summed E-state index contributed by atoms with van der Waals surface area (Å²) >= 11 is 0. The summed E-state index contributed by atoms with van der Waals surface area (Å²) in [6, 6.07) is -0.498. The number of carbonyl (C=O) groups is 2. The largest absolute Gasteiger partial charge is 0.327 e. The van der Waals surface area contributed by atoms with Crippen LogP contribution >= 0.6 is 0 Å². The van der Waals surface area contributed by atoms with Gasteiger partial charge in [0.05, 0.1) is 11.0 Å². The molecule has 1 aliphatic rings. The van der Waals surface area contributed by atoms with Crippen LogP contribution in [0.2, 0.25) is 0 Å². The maximum absolute atomic E-state index is 12.4. The summed E-state index contributed by atoms with van der Waals surface area (Å²) in [5, 5.41) is 15.0. The number of aromatic nitrogens is 2. The van der Waals surface area contributed by atoms with E-state index in [-0.39, 0.29) is 17.1 Å². The molecule has 0 saturated carbocycles. The van der Waals surface area contributed by atoms with E-state index in [9.17, 15) is 19.7 Å². The zero-order valence-electron chi connectivity index (χ0n) is 10.7. The topological polar surface area (TPSA) is 98.3 Å². The van der Waals surface area contributed by atoms with Crippen LogP contribution in [0.25, 0.3) is 0 Å². The third kappa shape index (κ3) is 2.09. The molecule has 0 N–H and O–H groups in total. The Morgan fingerprint density at radius 3 is 2.84 bits per heavy atom. The van der Waals surface area contributed by atoms with E-state index in [1.165, 1.54) is 23.6 Å². The second-order valence-corrected chi connectivity index (χ2v) is 4.51. The standard InChI is InChI=1S/C11H14N4O4/c1-7-9(15(18)19)10(13(2)12-7)11(17)14-5-3-4-8(14)6-16/h6,8H,3-5H2,1-2H3/t8-/m0/s1. The molecular weight excluding hydrogens is 252 g/mol. The Bertz CT molecular complexity index is 551. The van der Waals surface area contributed by atoms with Crippen LogP contribution in [0.5, 0.6) is 0 Å². The van der Waals surface area contributed by atoms with E-state index in [2.05, 4.69) is 5.10 Å². The van der Waals surface area contributed by atoms with Gasteiger partial charge in [-0.05, 0) is 19.8 Å². The van der Waals surface area contributed by atoms with E-state index in [0.717, 1.165) is 6.42 Å². The molecule has 1 fully saturated rings. The second-order valence-electron chi connectivity index (χ2n) is 4.51. The van der Waals surface area contributed by atoms with Gasteiger partial charge in [-0.25, -0.2) is 0 Å². The van der Waals surface area contributed by atoms with E-state index < -0.39 is 16.9 Å². The zero-order chi connectivity index (χ0) is 14.2. The molecule has 0 spiro atoms. The predicted octanol–water partition coefficient (Wildman–Crippen LogP) is 0.440. The van der Waals surface area contributed by atoms with Gasteiger partial charge in [-0.15, -0.1) is 0 Å². The van der Waals surface area contributed by atoms with E-state index in [1.54, 1.807) is 0 Å².